The van der Waals surface area contributed by atoms with Gasteiger partial charge in [-0.1, -0.05) is 40.9 Å². The standard InChI is InChI=1S/C18H15Cl3N2O2/c1-10-15(21)3-2-4-16(10)23-9-11(5-17(23)24)18(25)22-14-7-12(19)6-13(20)8-14/h2-4,6-8,11H,5,9H2,1H3,(H,22,25)/t11-/m0/s1. The molecule has 0 spiro atoms. The Morgan fingerprint density at radius 2 is 1.84 bits per heavy atom. The van der Waals surface area contributed by atoms with Crippen LogP contribution in [0.25, 0.3) is 0 Å². The Morgan fingerprint density at radius 3 is 2.52 bits per heavy atom. The first kappa shape index (κ1) is 18.1. The number of carbonyl (C=O) groups is 2. The van der Waals surface area contributed by atoms with Crippen LogP contribution in [0.3, 0.4) is 0 Å². The van der Waals surface area contributed by atoms with Gasteiger partial charge in [0.05, 0.1) is 5.92 Å². The van der Waals surface area contributed by atoms with Gasteiger partial charge in [0, 0.05) is 39.4 Å². The average Bonchev–Trinajstić information content (AvgIpc) is 2.91. The first-order chi connectivity index (χ1) is 11.8. The topological polar surface area (TPSA) is 49.4 Å². The van der Waals surface area contributed by atoms with Gasteiger partial charge >= 0.3 is 0 Å². The van der Waals surface area contributed by atoms with Crippen LogP contribution in [0.15, 0.2) is 36.4 Å². The molecule has 0 bridgehead atoms. The number of benzene rings is 2. The van der Waals surface area contributed by atoms with Gasteiger partial charge in [0.25, 0.3) is 0 Å². The largest absolute Gasteiger partial charge is 0.326 e. The molecule has 1 saturated heterocycles. The lowest BCUT2D eigenvalue weighted by atomic mass is 10.1. The van der Waals surface area contributed by atoms with E-state index in [0.29, 0.717) is 27.3 Å². The van der Waals surface area contributed by atoms with E-state index in [1.807, 2.05) is 13.0 Å². The first-order valence-corrected chi connectivity index (χ1v) is 8.81. The van der Waals surface area contributed by atoms with E-state index in [1.54, 1.807) is 35.2 Å². The van der Waals surface area contributed by atoms with Crippen LogP contribution in [0.4, 0.5) is 11.4 Å². The number of carbonyl (C=O) groups excluding carboxylic acids is 2. The summed E-state index contributed by atoms with van der Waals surface area (Å²) < 4.78 is 0. The van der Waals surface area contributed by atoms with Crippen molar-refractivity contribution >= 4 is 58.0 Å². The van der Waals surface area contributed by atoms with E-state index in [2.05, 4.69) is 5.32 Å². The number of anilines is 2. The summed E-state index contributed by atoms with van der Waals surface area (Å²) in [4.78, 5) is 26.5. The van der Waals surface area contributed by atoms with Crippen molar-refractivity contribution in [3.8, 4) is 0 Å². The van der Waals surface area contributed by atoms with Gasteiger partial charge in [-0.15, -0.1) is 0 Å². The molecule has 2 aromatic carbocycles. The lowest BCUT2D eigenvalue weighted by Crippen LogP contribution is -2.28. The Morgan fingerprint density at radius 1 is 1.16 bits per heavy atom. The minimum Gasteiger partial charge on any atom is -0.326 e. The zero-order valence-electron chi connectivity index (χ0n) is 13.4. The summed E-state index contributed by atoms with van der Waals surface area (Å²) in [6, 6.07) is 10.2. The van der Waals surface area contributed by atoms with Crippen molar-refractivity contribution < 1.29 is 9.59 Å². The molecule has 1 atom stereocenters. The zero-order chi connectivity index (χ0) is 18.1. The third kappa shape index (κ3) is 3.92. The molecule has 1 N–H and O–H groups in total. The van der Waals surface area contributed by atoms with Crippen molar-refractivity contribution in [1.29, 1.82) is 0 Å². The second kappa shape index (κ2) is 7.24. The summed E-state index contributed by atoms with van der Waals surface area (Å²) in [5.41, 5.74) is 2.06. The summed E-state index contributed by atoms with van der Waals surface area (Å²) in [5, 5.41) is 4.22. The van der Waals surface area contributed by atoms with Crippen LogP contribution in [0.5, 0.6) is 0 Å². The quantitative estimate of drug-likeness (QED) is 0.797. The molecule has 7 heteroatoms. The highest BCUT2D eigenvalue weighted by Crippen LogP contribution is 2.32. The van der Waals surface area contributed by atoms with Crippen molar-refractivity contribution in [3.63, 3.8) is 0 Å². The Kier molecular flexibility index (Phi) is 5.23. The monoisotopic (exact) mass is 396 g/mol. The Bertz CT molecular complexity index is 834. The number of rotatable bonds is 3. The predicted molar refractivity (Wildman–Crippen MR) is 102 cm³/mol. The van der Waals surface area contributed by atoms with Gasteiger partial charge in [0.2, 0.25) is 11.8 Å². The number of amides is 2. The Hall–Kier alpha value is -1.75. The molecule has 1 aliphatic heterocycles. The van der Waals surface area contributed by atoms with E-state index in [-0.39, 0.29) is 18.2 Å². The summed E-state index contributed by atoms with van der Waals surface area (Å²) in [7, 11) is 0. The SMILES string of the molecule is Cc1c(Cl)cccc1N1C[C@@H](C(=O)Nc2cc(Cl)cc(Cl)c2)CC1=O. The smallest absolute Gasteiger partial charge is 0.229 e. The number of hydrogen-bond acceptors (Lipinski definition) is 2. The molecule has 1 heterocycles. The molecule has 25 heavy (non-hydrogen) atoms. The average molecular weight is 398 g/mol. The van der Waals surface area contributed by atoms with Gasteiger partial charge in [0.1, 0.15) is 0 Å². The van der Waals surface area contributed by atoms with Crippen molar-refractivity contribution in [1.82, 2.24) is 0 Å². The Balaban J connectivity index is 1.75. The summed E-state index contributed by atoms with van der Waals surface area (Å²) in [6.45, 7) is 2.16. The number of nitrogens with zero attached hydrogens (tertiary/aromatic N) is 1. The van der Waals surface area contributed by atoms with Crippen LogP contribution in [-0.2, 0) is 9.59 Å². The van der Waals surface area contributed by atoms with Crippen LogP contribution in [0.1, 0.15) is 12.0 Å². The molecule has 0 aliphatic carbocycles. The molecule has 1 fully saturated rings. The fraction of sp³-hybridized carbons (Fsp3) is 0.222. The van der Waals surface area contributed by atoms with Gasteiger partial charge in [-0.3, -0.25) is 9.59 Å². The molecule has 1 aliphatic rings. The van der Waals surface area contributed by atoms with E-state index >= 15 is 0 Å². The van der Waals surface area contributed by atoms with Crippen molar-refractivity contribution in [3.05, 3.63) is 57.0 Å². The van der Waals surface area contributed by atoms with E-state index < -0.39 is 5.92 Å². The molecule has 3 rings (SSSR count). The number of hydrogen-bond donors (Lipinski definition) is 1. The van der Waals surface area contributed by atoms with Gasteiger partial charge < -0.3 is 10.2 Å². The third-order valence-electron chi connectivity index (χ3n) is 4.16. The summed E-state index contributed by atoms with van der Waals surface area (Å²) in [6.07, 6.45) is 0.145. The second-order valence-corrected chi connectivity index (χ2v) is 7.22. The predicted octanol–water partition coefficient (Wildman–Crippen LogP) is 4.95. The van der Waals surface area contributed by atoms with Crippen LogP contribution in [0, 0.1) is 12.8 Å². The minimum atomic E-state index is -0.455. The van der Waals surface area contributed by atoms with E-state index in [1.165, 1.54) is 0 Å². The number of halogens is 3. The summed E-state index contributed by atoms with van der Waals surface area (Å²) in [5.74, 6) is -0.799. The molecule has 0 unspecified atom stereocenters. The van der Waals surface area contributed by atoms with Crippen molar-refractivity contribution in [2.75, 3.05) is 16.8 Å². The van der Waals surface area contributed by atoms with Gasteiger partial charge in [0.15, 0.2) is 0 Å². The first-order valence-electron chi connectivity index (χ1n) is 7.67. The van der Waals surface area contributed by atoms with Crippen LogP contribution in [0.2, 0.25) is 15.1 Å². The van der Waals surface area contributed by atoms with Crippen LogP contribution in [-0.4, -0.2) is 18.4 Å². The maximum Gasteiger partial charge on any atom is 0.229 e. The molecule has 2 amide bonds. The minimum absolute atomic E-state index is 0.102. The maximum atomic E-state index is 12.5. The maximum absolute atomic E-state index is 12.5. The van der Waals surface area contributed by atoms with E-state index in [9.17, 15) is 9.59 Å². The molecule has 0 saturated carbocycles. The fourth-order valence-electron chi connectivity index (χ4n) is 2.87. The summed E-state index contributed by atoms with van der Waals surface area (Å²) >= 11 is 18.0. The van der Waals surface area contributed by atoms with Gasteiger partial charge in [-0.05, 0) is 42.8 Å². The highest BCUT2D eigenvalue weighted by atomic mass is 35.5. The second-order valence-electron chi connectivity index (χ2n) is 5.94. The molecule has 2 aromatic rings. The normalized spacial score (nSPS) is 17.0. The highest BCUT2D eigenvalue weighted by Gasteiger charge is 2.35. The fourth-order valence-corrected chi connectivity index (χ4v) is 3.57. The van der Waals surface area contributed by atoms with Gasteiger partial charge in [-0.2, -0.15) is 0 Å². The van der Waals surface area contributed by atoms with E-state index in [0.717, 1.165) is 11.3 Å². The molecule has 4 nitrogen and oxygen atoms in total. The Labute approximate surface area is 160 Å². The molecular formula is C18H15Cl3N2O2. The third-order valence-corrected chi connectivity index (χ3v) is 5.00. The van der Waals surface area contributed by atoms with Crippen molar-refractivity contribution in [2.24, 2.45) is 5.92 Å². The van der Waals surface area contributed by atoms with Crippen LogP contribution < -0.4 is 10.2 Å². The highest BCUT2D eigenvalue weighted by molar-refractivity contribution is 6.35. The lowest BCUT2D eigenvalue weighted by Gasteiger charge is -2.19. The van der Waals surface area contributed by atoms with E-state index in [4.69, 9.17) is 34.8 Å². The molecule has 0 radical (unpaired) electrons. The van der Waals surface area contributed by atoms with Crippen LogP contribution >= 0.6 is 34.8 Å². The lowest BCUT2D eigenvalue weighted by molar-refractivity contribution is -0.122. The van der Waals surface area contributed by atoms with Crippen molar-refractivity contribution in [2.45, 2.75) is 13.3 Å². The van der Waals surface area contributed by atoms with Gasteiger partial charge in [-0.25, -0.2) is 0 Å². The molecular weight excluding hydrogens is 383 g/mol. The zero-order valence-corrected chi connectivity index (χ0v) is 15.6. The number of nitrogens with one attached hydrogen (secondary N) is 1. The molecule has 0 aromatic heterocycles. The molecule has 130 valence electrons.